The van der Waals surface area contributed by atoms with E-state index < -0.39 is 5.97 Å². The van der Waals surface area contributed by atoms with Crippen molar-refractivity contribution >= 4 is 11.7 Å². The lowest BCUT2D eigenvalue weighted by atomic mass is 10.1. The summed E-state index contributed by atoms with van der Waals surface area (Å²) in [6, 6.07) is 6.88. The third-order valence-electron chi connectivity index (χ3n) is 2.83. The zero-order valence-electron chi connectivity index (χ0n) is 8.81. The van der Waals surface area contributed by atoms with Crippen LogP contribution in [0.3, 0.4) is 0 Å². The van der Waals surface area contributed by atoms with Crippen LogP contribution in [-0.2, 0) is 0 Å². The zero-order valence-corrected chi connectivity index (χ0v) is 8.81. The van der Waals surface area contributed by atoms with Crippen molar-refractivity contribution in [2.24, 2.45) is 0 Å². The summed E-state index contributed by atoms with van der Waals surface area (Å²) in [6.07, 6.45) is 2.28. The average molecular weight is 216 g/mol. The summed E-state index contributed by atoms with van der Waals surface area (Å²) in [6.45, 7) is 1.93. The molecule has 0 unspecified atom stereocenters. The molecule has 1 saturated heterocycles. The van der Waals surface area contributed by atoms with Crippen LogP contribution in [0.2, 0.25) is 0 Å². The van der Waals surface area contributed by atoms with Crippen molar-refractivity contribution in [3.05, 3.63) is 29.3 Å². The third kappa shape index (κ3) is 1.84. The normalized spacial score (nSPS) is 14.8. The Hall–Kier alpha value is -2.02. The van der Waals surface area contributed by atoms with Gasteiger partial charge in [-0.3, -0.25) is 0 Å². The second-order valence-electron chi connectivity index (χ2n) is 3.84. The van der Waals surface area contributed by atoms with Gasteiger partial charge in [-0.05, 0) is 31.0 Å². The number of carboxylic acids is 1. The predicted octanol–water partition coefficient (Wildman–Crippen LogP) is 1.86. The highest BCUT2D eigenvalue weighted by atomic mass is 16.4. The van der Waals surface area contributed by atoms with Gasteiger partial charge in [0.05, 0.1) is 11.1 Å². The fourth-order valence-electron chi connectivity index (χ4n) is 1.98. The summed E-state index contributed by atoms with van der Waals surface area (Å²) < 4.78 is 0. The van der Waals surface area contributed by atoms with Crippen LogP contribution in [0.4, 0.5) is 5.69 Å². The molecule has 1 aliphatic rings. The van der Waals surface area contributed by atoms with Crippen molar-refractivity contribution in [2.75, 3.05) is 18.0 Å². The van der Waals surface area contributed by atoms with E-state index in [1.54, 1.807) is 12.1 Å². The minimum Gasteiger partial charge on any atom is -0.478 e. The van der Waals surface area contributed by atoms with Crippen LogP contribution in [0.15, 0.2) is 18.2 Å². The van der Waals surface area contributed by atoms with Crippen molar-refractivity contribution in [1.29, 1.82) is 5.26 Å². The molecule has 16 heavy (non-hydrogen) atoms. The molecule has 1 heterocycles. The molecule has 4 nitrogen and oxygen atoms in total. The highest BCUT2D eigenvalue weighted by molar-refractivity contribution is 5.91. The summed E-state index contributed by atoms with van der Waals surface area (Å²) in [5.74, 6) is -1.04. The first-order valence-electron chi connectivity index (χ1n) is 5.25. The van der Waals surface area contributed by atoms with Crippen LogP contribution in [0.1, 0.15) is 28.8 Å². The Bertz CT molecular complexity index is 457. The third-order valence-corrected chi connectivity index (χ3v) is 2.83. The lowest BCUT2D eigenvalue weighted by molar-refractivity contribution is 0.0696. The Morgan fingerprint density at radius 3 is 2.62 bits per heavy atom. The Kier molecular flexibility index (Phi) is 2.78. The van der Waals surface area contributed by atoms with E-state index in [-0.39, 0.29) is 11.1 Å². The number of carboxylic acid groups (broad SMARTS) is 1. The highest BCUT2D eigenvalue weighted by Gasteiger charge is 2.16. The van der Waals surface area contributed by atoms with E-state index in [0.717, 1.165) is 31.6 Å². The molecule has 82 valence electrons. The quantitative estimate of drug-likeness (QED) is 0.819. The van der Waals surface area contributed by atoms with Gasteiger partial charge in [-0.1, -0.05) is 0 Å². The number of hydrogen-bond donors (Lipinski definition) is 1. The first kappa shape index (κ1) is 10.5. The molecule has 2 rings (SSSR count). The van der Waals surface area contributed by atoms with Crippen molar-refractivity contribution < 1.29 is 9.90 Å². The largest absolute Gasteiger partial charge is 0.478 e. The van der Waals surface area contributed by atoms with Crippen molar-refractivity contribution in [1.82, 2.24) is 0 Å². The van der Waals surface area contributed by atoms with Crippen LogP contribution in [0, 0.1) is 11.3 Å². The molecule has 1 fully saturated rings. The number of benzene rings is 1. The molecule has 0 spiro atoms. The number of hydrogen-bond acceptors (Lipinski definition) is 3. The van der Waals surface area contributed by atoms with E-state index in [4.69, 9.17) is 10.4 Å². The van der Waals surface area contributed by atoms with Crippen LogP contribution >= 0.6 is 0 Å². The van der Waals surface area contributed by atoms with Gasteiger partial charge < -0.3 is 10.0 Å². The van der Waals surface area contributed by atoms with Gasteiger partial charge in [0, 0.05) is 18.8 Å². The van der Waals surface area contributed by atoms with Gasteiger partial charge in [-0.25, -0.2) is 4.79 Å². The molecule has 0 saturated carbocycles. The van der Waals surface area contributed by atoms with E-state index in [1.165, 1.54) is 0 Å². The first-order chi connectivity index (χ1) is 7.72. The van der Waals surface area contributed by atoms with Crippen LogP contribution in [0.25, 0.3) is 0 Å². The Morgan fingerprint density at radius 1 is 1.38 bits per heavy atom. The van der Waals surface area contributed by atoms with Gasteiger partial charge in [0.1, 0.15) is 6.07 Å². The van der Waals surface area contributed by atoms with Gasteiger partial charge in [0.15, 0.2) is 0 Å². The first-order valence-corrected chi connectivity index (χ1v) is 5.25. The lowest BCUT2D eigenvalue weighted by Crippen LogP contribution is -2.18. The Labute approximate surface area is 93.7 Å². The lowest BCUT2D eigenvalue weighted by Gasteiger charge is -2.18. The smallest absolute Gasteiger partial charge is 0.337 e. The number of nitriles is 1. The number of nitrogens with zero attached hydrogens (tertiary/aromatic N) is 2. The van der Waals surface area contributed by atoms with Crippen LogP contribution in [-0.4, -0.2) is 24.2 Å². The van der Waals surface area contributed by atoms with E-state index >= 15 is 0 Å². The molecular weight excluding hydrogens is 204 g/mol. The van der Waals surface area contributed by atoms with E-state index in [2.05, 4.69) is 4.90 Å². The molecule has 0 atom stereocenters. The Morgan fingerprint density at radius 2 is 2.06 bits per heavy atom. The summed E-state index contributed by atoms with van der Waals surface area (Å²) >= 11 is 0. The molecule has 4 heteroatoms. The fourth-order valence-corrected chi connectivity index (χ4v) is 1.98. The number of carbonyl (C=O) groups is 1. The second kappa shape index (κ2) is 4.23. The minimum absolute atomic E-state index is 0.0897. The molecule has 1 aromatic carbocycles. The molecule has 0 bridgehead atoms. The van der Waals surface area contributed by atoms with E-state index in [0.29, 0.717) is 0 Å². The molecule has 1 aliphatic heterocycles. The molecule has 0 aromatic heterocycles. The molecule has 0 radical (unpaired) electrons. The molecule has 1 aromatic rings. The Balaban J connectivity index is 2.39. The molecular formula is C12H12N2O2. The van der Waals surface area contributed by atoms with Crippen LogP contribution < -0.4 is 4.90 Å². The van der Waals surface area contributed by atoms with E-state index in [1.807, 2.05) is 12.1 Å². The maximum Gasteiger partial charge on any atom is 0.337 e. The minimum atomic E-state index is -1.04. The standard InChI is InChI=1S/C12H12N2O2/c13-8-9-3-4-10(7-11(9)12(15)16)14-5-1-2-6-14/h3-4,7H,1-2,5-6H2,(H,15,16). The van der Waals surface area contributed by atoms with Gasteiger partial charge in [-0.2, -0.15) is 5.26 Å². The van der Waals surface area contributed by atoms with Gasteiger partial charge in [-0.15, -0.1) is 0 Å². The molecule has 0 aliphatic carbocycles. The van der Waals surface area contributed by atoms with Crippen molar-refractivity contribution in [2.45, 2.75) is 12.8 Å². The number of aromatic carboxylic acids is 1. The maximum atomic E-state index is 11.0. The summed E-state index contributed by atoms with van der Waals surface area (Å²) in [5, 5.41) is 17.8. The predicted molar refractivity (Wildman–Crippen MR) is 59.6 cm³/mol. The van der Waals surface area contributed by atoms with Gasteiger partial charge in [0.25, 0.3) is 0 Å². The average Bonchev–Trinajstić information content (AvgIpc) is 2.81. The van der Waals surface area contributed by atoms with Gasteiger partial charge in [0.2, 0.25) is 0 Å². The SMILES string of the molecule is N#Cc1ccc(N2CCCC2)cc1C(=O)O. The fraction of sp³-hybridized carbons (Fsp3) is 0.333. The van der Waals surface area contributed by atoms with Crippen molar-refractivity contribution in [3.8, 4) is 6.07 Å². The molecule has 0 amide bonds. The molecule has 1 N–H and O–H groups in total. The van der Waals surface area contributed by atoms with Crippen LogP contribution in [0.5, 0.6) is 0 Å². The summed E-state index contributed by atoms with van der Waals surface area (Å²) in [5.41, 5.74) is 1.20. The van der Waals surface area contributed by atoms with Crippen molar-refractivity contribution in [3.63, 3.8) is 0 Å². The monoisotopic (exact) mass is 216 g/mol. The maximum absolute atomic E-state index is 11.0. The number of anilines is 1. The highest BCUT2D eigenvalue weighted by Crippen LogP contribution is 2.23. The van der Waals surface area contributed by atoms with E-state index in [9.17, 15) is 4.79 Å². The summed E-state index contributed by atoms with van der Waals surface area (Å²) in [7, 11) is 0. The zero-order chi connectivity index (χ0) is 11.5. The summed E-state index contributed by atoms with van der Waals surface area (Å²) in [4.78, 5) is 13.1. The second-order valence-corrected chi connectivity index (χ2v) is 3.84. The topological polar surface area (TPSA) is 64.3 Å². The number of rotatable bonds is 2. The van der Waals surface area contributed by atoms with Gasteiger partial charge >= 0.3 is 5.97 Å².